The van der Waals surface area contributed by atoms with Crippen LogP contribution in [0.3, 0.4) is 0 Å². The van der Waals surface area contributed by atoms with Gasteiger partial charge >= 0.3 is 0 Å². The van der Waals surface area contributed by atoms with Crippen molar-refractivity contribution in [1.29, 1.82) is 5.26 Å². The average molecular weight is 270 g/mol. The Morgan fingerprint density at radius 3 is 2.80 bits per heavy atom. The molecular formula is C14H11FN4O. The lowest BCUT2D eigenvalue weighted by Gasteiger charge is -2.08. The fraction of sp³-hybridized carbons (Fsp3) is 0.0714. The maximum absolute atomic E-state index is 13.7. The number of anilines is 2. The summed E-state index contributed by atoms with van der Waals surface area (Å²) >= 11 is 0. The zero-order valence-electron chi connectivity index (χ0n) is 10.6. The number of nitriles is 1. The quantitative estimate of drug-likeness (QED) is 0.875. The number of nitrogen functional groups attached to an aromatic ring is 1. The predicted molar refractivity (Wildman–Crippen MR) is 72.5 cm³/mol. The van der Waals surface area contributed by atoms with E-state index >= 15 is 0 Å². The number of nitrogens with two attached hydrogens (primary N) is 1. The van der Waals surface area contributed by atoms with Gasteiger partial charge in [-0.1, -0.05) is 0 Å². The molecule has 1 aromatic heterocycles. The van der Waals surface area contributed by atoms with Crippen LogP contribution in [0.15, 0.2) is 30.5 Å². The number of pyridine rings is 1. The highest BCUT2D eigenvalue weighted by atomic mass is 19.1. The molecule has 1 aromatic carbocycles. The van der Waals surface area contributed by atoms with Crippen molar-refractivity contribution in [2.24, 2.45) is 0 Å². The van der Waals surface area contributed by atoms with Gasteiger partial charge in [0.15, 0.2) is 0 Å². The second kappa shape index (κ2) is 5.36. The molecule has 0 aliphatic carbocycles. The molecule has 20 heavy (non-hydrogen) atoms. The Morgan fingerprint density at radius 2 is 2.20 bits per heavy atom. The summed E-state index contributed by atoms with van der Waals surface area (Å²) in [5.41, 5.74) is 7.00. The van der Waals surface area contributed by atoms with Crippen LogP contribution < -0.4 is 11.1 Å². The van der Waals surface area contributed by atoms with Gasteiger partial charge in [0.2, 0.25) is 0 Å². The molecule has 0 atom stereocenters. The maximum Gasteiger partial charge on any atom is 0.259 e. The number of nitrogens with one attached hydrogen (secondary N) is 1. The molecule has 0 saturated carbocycles. The van der Waals surface area contributed by atoms with Crippen LogP contribution in [-0.2, 0) is 0 Å². The van der Waals surface area contributed by atoms with Crippen LogP contribution in [0.4, 0.5) is 15.8 Å². The van der Waals surface area contributed by atoms with Crippen molar-refractivity contribution < 1.29 is 9.18 Å². The molecule has 6 heteroatoms. The van der Waals surface area contributed by atoms with E-state index in [0.29, 0.717) is 5.69 Å². The summed E-state index contributed by atoms with van der Waals surface area (Å²) in [6.45, 7) is 1.75. The molecule has 2 rings (SSSR count). The number of aromatic nitrogens is 1. The van der Waals surface area contributed by atoms with Gasteiger partial charge < -0.3 is 11.1 Å². The third-order valence-electron chi connectivity index (χ3n) is 2.66. The Labute approximate surface area is 114 Å². The topological polar surface area (TPSA) is 91.8 Å². The molecule has 0 fully saturated rings. The van der Waals surface area contributed by atoms with E-state index in [1.54, 1.807) is 13.0 Å². The molecular weight excluding hydrogens is 259 g/mol. The molecule has 3 N–H and O–H groups in total. The molecule has 0 bridgehead atoms. The first-order valence-corrected chi connectivity index (χ1v) is 5.74. The standard InChI is InChI=1S/C14H11FN4O/c1-8-4-12(17)10(7-18-8)14(20)19-13-3-2-9(6-16)5-11(13)15/h2-5,7H,1H3,(H2,17,18)(H,19,20). The molecule has 1 heterocycles. The summed E-state index contributed by atoms with van der Waals surface area (Å²) in [7, 11) is 0. The number of carbonyl (C=O) groups is 1. The smallest absolute Gasteiger partial charge is 0.259 e. The largest absolute Gasteiger partial charge is 0.398 e. The molecule has 0 saturated heterocycles. The van der Waals surface area contributed by atoms with Crippen molar-refractivity contribution in [3.8, 4) is 6.07 Å². The van der Waals surface area contributed by atoms with Crippen molar-refractivity contribution in [2.75, 3.05) is 11.1 Å². The van der Waals surface area contributed by atoms with Gasteiger partial charge in [0.25, 0.3) is 5.91 Å². The molecule has 0 spiro atoms. The highest BCUT2D eigenvalue weighted by Crippen LogP contribution is 2.18. The number of halogens is 1. The predicted octanol–water partition coefficient (Wildman–Crippen LogP) is 2.24. The number of rotatable bonds is 2. The van der Waals surface area contributed by atoms with Gasteiger partial charge in [-0.05, 0) is 31.2 Å². The Kier molecular flexibility index (Phi) is 3.62. The van der Waals surface area contributed by atoms with E-state index in [1.165, 1.54) is 18.3 Å². The Hall–Kier alpha value is -2.94. The number of amides is 1. The minimum Gasteiger partial charge on any atom is -0.398 e. The summed E-state index contributed by atoms with van der Waals surface area (Å²) in [6.07, 6.45) is 1.33. The average Bonchev–Trinajstić information content (AvgIpc) is 2.40. The van der Waals surface area contributed by atoms with Gasteiger partial charge in [0, 0.05) is 17.6 Å². The molecule has 0 radical (unpaired) electrons. The first-order valence-electron chi connectivity index (χ1n) is 5.74. The van der Waals surface area contributed by atoms with Crippen LogP contribution in [0.1, 0.15) is 21.6 Å². The van der Waals surface area contributed by atoms with Crippen LogP contribution in [0.5, 0.6) is 0 Å². The van der Waals surface area contributed by atoms with Gasteiger partial charge in [0.05, 0.1) is 22.9 Å². The van der Waals surface area contributed by atoms with Gasteiger partial charge in [0.1, 0.15) is 5.82 Å². The number of carbonyl (C=O) groups excluding carboxylic acids is 1. The summed E-state index contributed by atoms with van der Waals surface area (Å²) in [5, 5.41) is 11.0. The van der Waals surface area contributed by atoms with Crippen LogP contribution in [-0.4, -0.2) is 10.9 Å². The van der Waals surface area contributed by atoms with Crippen LogP contribution >= 0.6 is 0 Å². The summed E-state index contributed by atoms with van der Waals surface area (Å²) in [4.78, 5) is 16.0. The fourth-order valence-corrected chi connectivity index (χ4v) is 1.65. The highest BCUT2D eigenvalue weighted by Gasteiger charge is 2.13. The first-order chi connectivity index (χ1) is 9.51. The Morgan fingerprint density at radius 1 is 1.45 bits per heavy atom. The van der Waals surface area contributed by atoms with E-state index in [4.69, 9.17) is 11.0 Å². The minimum absolute atomic E-state index is 0.0195. The van der Waals surface area contributed by atoms with Gasteiger partial charge in [-0.3, -0.25) is 9.78 Å². The van der Waals surface area contributed by atoms with Gasteiger partial charge in [-0.25, -0.2) is 4.39 Å². The molecule has 5 nitrogen and oxygen atoms in total. The fourth-order valence-electron chi connectivity index (χ4n) is 1.65. The van der Waals surface area contributed by atoms with Crippen molar-refractivity contribution in [1.82, 2.24) is 4.98 Å². The second-order valence-corrected chi connectivity index (χ2v) is 4.17. The van der Waals surface area contributed by atoms with Gasteiger partial charge in [-0.2, -0.15) is 5.26 Å². The molecule has 0 aliphatic heterocycles. The summed E-state index contributed by atoms with van der Waals surface area (Å²) < 4.78 is 13.7. The molecule has 0 aliphatic rings. The number of nitrogens with zero attached hydrogens (tertiary/aromatic N) is 2. The zero-order chi connectivity index (χ0) is 14.7. The molecule has 2 aromatic rings. The molecule has 0 unspecified atom stereocenters. The van der Waals surface area contributed by atoms with E-state index in [-0.39, 0.29) is 22.5 Å². The first kappa shape index (κ1) is 13.5. The Balaban J connectivity index is 2.26. The van der Waals surface area contributed by atoms with Crippen molar-refractivity contribution in [2.45, 2.75) is 6.92 Å². The Bertz CT molecular complexity index is 722. The van der Waals surface area contributed by atoms with Crippen molar-refractivity contribution in [3.63, 3.8) is 0 Å². The lowest BCUT2D eigenvalue weighted by Crippen LogP contribution is -2.15. The van der Waals surface area contributed by atoms with E-state index < -0.39 is 11.7 Å². The van der Waals surface area contributed by atoms with Crippen molar-refractivity contribution >= 4 is 17.3 Å². The lowest BCUT2D eigenvalue weighted by molar-refractivity contribution is 0.102. The van der Waals surface area contributed by atoms with Crippen LogP contribution in [0, 0.1) is 24.1 Å². The summed E-state index contributed by atoms with van der Waals surface area (Å²) in [6, 6.07) is 7.16. The number of hydrogen-bond donors (Lipinski definition) is 2. The second-order valence-electron chi connectivity index (χ2n) is 4.17. The van der Waals surface area contributed by atoms with Crippen molar-refractivity contribution in [3.05, 3.63) is 53.1 Å². The van der Waals surface area contributed by atoms with Crippen LogP contribution in [0.2, 0.25) is 0 Å². The molecule has 100 valence electrons. The van der Waals surface area contributed by atoms with E-state index in [2.05, 4.69) is 10.3 Å². The van der Waals surface area contributed by atoms with Gasteiger partial charge in [-0.15, -0.1) is 0 Å². The molecule has 1 amide bonds. The SMILES string of the molecule is Cc1cc(N)c(C(=O)Nc2ccc(C#N)cc2F)cn1. The monoisotopic (exact) mass is 270 g/mol. The number of aryl methyl sites for hydroxylation is 1. The highest BCUT2D eigenvalue weighted by molar-refractivity contribution is 6.07. The maximum atomic E-state index is 13.7. The van der Waals surface area contributed by atoms with E-state index in [0.717, 1.165) is 6.07 Å². The number of hydrogen-bond acceptors (Lipinski definition) is 4. The third-order valence-corrected chi connectivity index (χ3v) is 2.66. The zero-order valence-corrected chi connectivity index (χ0v) is 10.6. The minimum atomic E-state index is -0.684. The van der Waals surface area contributed by atoms with E-state index in [1.807, 2.05) is 6.07 Å². The van der Waals surface area contributed by atoms with Crippen LogP contribution in [0.25, 0.3) is 0 Å². The lowest BCUT2D eigenvalue weighted by atomic mass is 10.1. The summed E-state index contributed by atoms with van der Waals surface area (Å²) in [5.74, 6) is -1.24. The number of benzene rings is 1. The van der Waals surface area contributed by atoms with E-state index in [9.17, 15) is 9.18 Å². The normalized spacial score (nSPS) is 9.85. The third kappa shape index (κ3) is 2.72.